The zero-order valence-corrected chi connectivity index (χ0v) is 12.0. The number of nitro benzene ring substituents is 1. The van der Waals surface area contributed by atoms with Gasteiger partial charge in [0, 0.05) is 42.5 Å². The van der Waals surface area contributed by atoms with Gasteiger partial charge >= 0.3 is 0 Å². The Morgan fingerprint density at radius 2 is 2.09 bits per heavy atom. The summed E-state index contributed by atoms with van der Waals surface area (Å²) in [5.41, 5.74) is 0.667. The molecule has 114 valence electrons. The van der Waals surface area contributed by atoms with Crippen LogP contribution in [0, 0.1) is 17.0 Å². The minimum atomic E-state index is -0.492. The van der Waals surface area contributed by atoms with Gasteiger partial charge in [-0.1, -0.05) is 12.1 Å². The predicted molar refractivity (Wildman–Crippen MR) is 81.8 cm³/mol. The molecule has 22 heavy (non-hydrogen) atoms. The van der Waals surface area contributed by atoms with Gasteiger partial charge in [-0.05, 0) is 19.1 Å². The lowest BCUT2D eigenvalue weighted by atomic mass is 10.2. The molecule has 1 aromatic heterocycles. The average Bonchev–Trinajstić information content (AvgIpc) is 2.48. The van der Waals surface area contributed by atoms with Crippen molar-refractivity contribution in [3.8, 4) is 0 Å². The van der Waals surface area contributed by atoms with Crippen LogP contribution >= 0.6 is 0 Å². The van der Waals surface area contributed by atoms with Gasteiger partial charge in [0.2, 0.25) is 5.91 Å². The largest absolute Gasteiger partial charge is 0.326 e. The molecule has 0 aliphatic rings. The smallest absolute Gasteiger partial charge is 0.274 e. The number of aryl methyl sites for hydroxylation is 2. The molecule has 0 radical (unpaired) electrons. The summed E-state index contributed by atoms with van der Waals surface area (Å²) in [7, 11) is 0. The van der Waals surface area contributed by atoms with Gasteiger partial charge in [0.1, 0.15) is 0 Å². The first kappa shape index (κ1) is 15.4. The number of nitro groups is 1. The molecule has 0 aliphatic heterocycles. The average molecular weight is 301 g/mol. The van der Waals surface area contributed by atoms with Crippen molar-refractivity contribution in [1.82, 2.24) is 4.57 Å². The van der Waals surface area contributed by atoms with Crippen LogP contribution in [0.25, 0.3) is 0 Å². The Morgan fingerprint density at radius 3 is 2.77 bits per heavy atom. The first-order valence-electron chi connectivity index (χ1n) is 6.68. The van der Waals surface area contributed by atoms with Gasteiger partial charge < -0.3 is 9.88 Å². The van der Waals surface area contributed by atoms with E-state index in [0.717, 1.165) is 0 Å². The summed E-state index contributed by atoms with van der Waals surface area (Å²) in [6.07, 6.45) is 1.71. The Bertz CT molecular complexity index is 767. The van der Waals surface area contributed by atoms with Crippen LogP contribution in [0.4, 0.5) is 11.4 Å². The molecule has 0 spiro atoms. The molecule has 0 saturated carbocycles. The standard InChI is InChI=1S/C15H15N3O4/c1-11-5-6-12(10-13(11)18(21)22)16-14(19)7-9-17-8-3-2-4-15(17)20/h2-6,8,10H,7,9H2,1H3,(H,16,19). The van der Waals surface area contributed by atoms with Gasteiger partial charge in [0.15, 0.2) is 0 Å². The van der Waals surface area contributed by atoms with E-state index in [2.05, 4.69) is 5.32 Å². The van der Waals surface area contributed by atoms with Crippen molar-refractivity contribution in [3.63, 3.8) is 0 Å². The molecule has 7 nitrogen and oxygen atoms in total. The second-order valence-electron chi connectivity index (χ2n) is 4.79. The van der Waals surface area contributed by atoms with Crippen LogP contribution in [-0.4, -0.2) is 15.4 Å². The van der Waals surface area contributed by atoms with Crippen LogP contribution in [0.5, 0.6) is 0 Å². The van der Waals surface area contributed by atoms with Crippen LogP contribution in [0.1, 0.15) is 12.0 Å². The van der Waals surface area contributed by atoms with Crippen molar-refractivity contribution in [2.45, 2.75) is 19.9 Å². The lowest BCUT2D eigenvalue weighted by Gasteiger charge is -2.07. The number of nitrogens with zero attached hydrogens (tertiary/aromatic N) is 2. The molecule has 0 bridgehead atoms. The molecule has 1 N–H and O–H groups in total. The number of rotatable bonds is 5. The van der Waals surface area contributed by atoms with Crippen molar-refractivity contribution in [2.75, 3.05) is 5.32 Å². The highest BCUT2D eigenvalue weighted by Gasteiger charge is 2.12. The van der Waals surface area contributed by atoms with Crippen molar-refractivity contribution in [2.24, 2.45) is 0 Å². The van der Waals surface area contributed by atoms with E-state index in [4.69, 9.17) is 0 Å². The zero-order valence-electron chi connectivity index (χ0n) is 12.0. The second kappa shape index (κ2) is 6.66. The van der Waals surface area contributed by atoms with Crippen LogP contribution < -0.4 is 10.9 Å². The van der Waals surface area contributed by atoms with Crippen LogP contribution in [0.15, 0.2) is 47.4 Å². The predicted octanol–water partition coefficient (Wildman–Crippen LogP) is 2.09. The third-order valence-corrected chi connectivity index (χ3v) is 3.17. The van der Waals surface area contributed by atoms with Gasteiger partial charge in [0.05, 0.1) is 4.92 Å². The monoisotopic (exact) mass is 301 g/mol. The first-order chi connectivity index (χ1) is 10.5. The Labute approximate surface area is 126 Å². The van der Waals surface area contributed by atoms with E-state index >= 15 is 0 Å². The van der Waals surface area contributed by atoms with Gasteiger partial charge in [-0.2, -0.15) is 0 Å². The maximum absolute atomic E-state index is 11.9. The summed E-state index contributed by atoms with van der Waals surface area (Å²) >= 11 is 0. The molecule has 0 fully saturated rings. The molecule has 1 aromatic carbocycles. The summed E-state index contributed by atoms with van der Waals surface area (Å²) in [5, 5.41) is 13.5. The molecule has 1 amide bonds. The van der Waals surface area contributed by atoms with Crippen LogP contribution in [0.2, 0.25) is 0 Å². The fourth-order valence-corrected chi connectivity index (χ4v) is 1.97. The molecule has 2 aromatic rings. The van der Waals surface area contributed by atoms with Gasteiger partial charge in [-0.3, -0.25) is 19.7 Å². The summed E-state index contributed by atoms with van der Waals surface area (Å²) < 4.78 is 1.43. The van der Waals surface area contributed by atoms with Gasteiger partial charge in [-0.25, -0.2) is 0 Å². The SMILES string of the molecule is Cc1ccc(NC(=O)CCn2ccccc2=O)cc1[N+](=O)[O-]. The summed E-state index contributed by atoms with van der Waals surface area (Å²) in [6.45, 7) is 1.88. The zero-order chi connectivity index (χ0) is 16.1. The summed E-state index contributed by atoms with van der Waals surface area (Å²) in [4.78, 5) is 33.7. The van der Waals surface area contributed by atoms with E-state index in [9.17, 15) is 19.7 Å². The Hall–Kier alpha value is -2.96. The van der Waals surface area contributed by atoms with E-state index in [1.807, 2.05) is 0 Å². The quantitative estimate of drug-likeness (QED) is 0.676. The van der Waals surface area contributed by atoms with Crippen LogP contribution in [0.3, 0.4) is 0 Å². The molecule has 0 aliphatic carbocycles. The highest BCUT2D eigenvalue weighted by molar-refractivity contribution is 5.91. The molecule has 0 atom stereocenters. The number of anilines is 1. The van der Waals surface area contributed by atoms with Gasteiger partial charge in [-0.15, -0.1) is 0 Å². The summed E-state index contributed by atoms with van der Waals surface area (Å²) in [6, 6.07) is 9.26. The molecule has 1 heterocycles. The second-order valence-corrected chi connectivity index (χ2v) is 4.79. The lowest BCUT2D eigenvalue weighted by Crippen LogP contribution is -2.21. The van der Waals surface area contributed by atoms with Gasteiger partial charge in [0.25, 0.3) is 11.2 Å². The molecule has 2 rings (SSSR count). The first-order valence-corrected chi connectivity index (χ1v) is 6.68. The fraction of sp³-hybridized carbons (Fsp3) is 0.200. The lowest BCUT2D eigenvalue weighted by molar-refractivity contribution is -0.385. The van der Waals surface area contributed by atoms with E-state index in [1.54, 1.807) is 37.4 Å². The van der Waals surface area contributed by atoms with E-state index in [1.165, 1.54) is 16.7 Å². The molecule has 0 saturated heterocycles. The number of nitrogens with one attached hydrogen (secondary N) is 1. The fourth-order valence-electron chi connectivity index (χ4n) is 1.97. The van der Waals surface area contributed by atoms with Crippen molar-refractivity contribution < 1.29 is 9.72 Å². The molecule has 0 unspecified atom stereocenters. The number of benzene rings is 1. The van der Waals surface area contributed by atoms with E-state index < -0.39 is 4.92 Å². The topological polar surface area (TPSA) is 94.2 Å². The molecular weight excluding hydrogens is 286 g/mol. The maximum atomic E-state index is 11.9. The Balaban J connectivity index is 2.01. The number of pyridine rings is 1. The number of amides is 1. The van der Waals surface area contributed by atoms with Crippen molar-refractivity contribution >= 4 is 17.3 Å². The number of hydrogen-bond donors (Lipinski definition) is 1. The summed E-state index contributed by atoms with van der Waals surface area (Å²) in [5.74, 6) is -0.311. The number of carbonyl (C=O) groups excluding carboxylic acids is 1. The minimum absolute atomic E-state index is 0.0444. The van der Waals surface area contributed by atoms with Crippen molar-refractivity contribution in [1.29, 1.82) is 0 Å². The third kappa shape index (κ3) is 3.78. The minimum Gasteiger partial charge on any atom is -0.326 e. The Morgan fingerprint density at radius 1 is 1.32 bits per heavy atom. The number of hydrogen-bond acceptors (Lipinski definition) is 4. The molecular formula is C15H15N3O4. The number of aromatic nitrogens is 1. The third-order valence-electron chi connectivity index (χ3n) is 3.17. The number of carbonyl (C=O) groups is 1. The maximum Gasteiger partial charge on any atom is 0.274 e. The van der Waals surface area contributed by atoms with E-state index in [-0.39, 0.29) is 30.1 Å². The van der Waals surface area contributed by atoms with E-state index in [0.29, 0.717) is 11.3 Å². The van der Waals surface area contributed by atoms with Crippen LogP contribution in [-0.2, 0) is 11.3 Å². The highest BCUT2D eigenvalue weighted by Crippen LogP contribution is 2.22. The highest BCUT2D eigenvalue weighted by atomic mass is 16.6. The normalized spacial score (nSPS) is 10.2. The molecule has 7 heteroatoms. The Kier molecular flexibility index (Phi) is 4.67. The van der Waals surface area contributed by atoms with Crippen molar-refractivity contribution in [3.05, 3.63) is 68.6 Å².